The van der Waals surface area contributed by atoms with Crippen LogP contribution in [0, 0.1) is 0 Å². The summed E-state index contributed by atoms with van der Waals surface area (Å²) in [5.41, 5.74) is 0. The molecular formula is C60H111NO5. The third kappa shape index (κ3) is 51.2. The molecule has 2 unspecified atom stereocenters. The quantitative estimate of drug-likeness (QED) is 0.0321. The van der Waals surface area contributed by atoms with Crippen LogP contribution in [0.3, 0.4) is 0 Å². The summed E-state index contributed by atoms with van der Waals surface area (Å²) in [6, 6.07) is -0.641. The van der Waals surface area contributed by atoms with E-state index >= 15 is 0 Å². The third-order valence-electron chi connectivity index (χ3n) is 13.1. The summed E-state index contributed by atoms with van der Waals surface area (Å²) in [7, 11) is 0. The number of rotatable bonds is 53. The second-order valence-corrected chi connectivity index (χ2v) is 19.6. The number of aliphatic hydroxyl groups excluding tert-OH is 2. The molecule has 0 saturated carbocycles. The minimum Gasteiger partial charge on any atom is -0.466 e. The van der Waals surface area contributed by atoms with Crippen molar-refractivity contribution in [1.82, 2.24) is 5.32 Å². The van der Waals surface area contributed by atoms with E-state index in [0.717, 1.165) is 83.5 Å². The normalized spacial score (nSPS) is 13.0. The number of hydrogen-bond donors (Lipinski definition) is 3. The molecule has 386 valence electrons. The molecule has 0 aromatic heterocycles. The van der Waals surface area contributed by atoms with E-state index in [0.29, 0.717) is 19.4 Å². The minimum atomic E-state index is -0.856. The lowest BCUT2D eigenvalue weighted by Gasteiger charge is -2.20. The largest absolute Gasteiger partial charge is 0.466 e. The van der Waals surface area contributed by atoms with Crippen LogP contribution in [0.1, 0.15) is 296 Å². The van der Waals surface area contributed by atoms with E-state index < -0.39 is 12.1 Å². The van der Waals surface area contributed by atoms with Crippen molar-refractivity contribution in [3.8, 4) is 0 Å². The second kappa shape index (κ2) is 55.4. The Hall–Kier alpha value is -2.18. The number of unbranched alkanes of at least 4 members (excludes halogenated alkanes) is 36. The predicted molar refractivity (Wildman–Crippen MR) is 287 cm³/mol. The number of esters is 1. The molecule has 0 aromatic carbocycles. The number of carbonyl (C=O) groups is 2. The highest BCUT2D eigenvalue weighted by Crippen LogP contribution is 2.15. The molecule has 0 saturated heterocycles. The molecule has 1 amide bonds. The molecule has 0 radical (unpaired) electrons. The van der Waals surface area contributed by atoms with Gasteiger partial charge in [0.2, 0.25) is 5.91 Å². The van der Waals surface area contributed by atoms with Crippen LogP contribution in [0.15, 0.2) is 48.6 Å². The van der Waals surface area contributed by atoms with Crippen molar-refractivity contribution in [2.75, 3.05) is 13.2 Å². The molecule has 6 heteroatoms. The molecule has 0 fully saturated rings. The molecule has 0 spiro atoms. The summed E-state index contributed by atoms with van der Waals surface area (Å²) in [6.07, 6.45) is 69.8. The topological polar surface area (TPSA) is 95.9 Å². The minimum absolute atomic E-state index is 0.0242. The summed E-state index contributed by atoms with van der Waals surface area (Å²) in [5, 5.41) is 23.1. The van der Waals surface area contributed by atoms with E-state index in [1.165, 1.54) is 186 Å². The maximum atomic E-state index is 12.5. The van der Waals surface area contributed by atoms with Crippen molar-refractivity contribution in [3.05, 3.63) is 48.6 Å². The molecule has 2 atom stereocenters. The lowest BCUT2D eigenvalue weighted by molar-refractivity contribution is -0.143. The van der Waals surface area contributed by atoms with E-state index in [2.05, 4.69) is 55.6 Å². The van der Waals surface area contributed by atoms with Crippen molar-refractivity contribution < 1.29 is 24.5 Å². The Morgan fingerprint density at radius 1 is 0.424 bits per heavy atom. The van der Waals surface area contributed by atoms with Gasteiger partial charge in [-0.15, -0.1) is 0 Å². The number of amides is 1. The van der Waals surface area contributed by atoms with Gasteiger partial charge in [-0.2, -0.15) is 0 Å². The molecule has 0 heterocycles. The third-order valence-corrected chi connectivity index (χ3v) is 13.1. The lowest BCUT2D eigenvalue weighted by atomic mass is 10.0. The fourth-order valence-corrected chi connectivity index (χ4v) is 8.60. The number of allylic oxidation sites excluding steroid dienone is 7. The molecule has 3 N–H and O–H groups in total. The summed E-state index contributed by atoms with van der Waals surface area (Å²) in [4.78, 5) is 24.5. The Bertz CT molecular complexity index is 1110. The Labute approximate surface area is 410 Å². The van der Waals surface area contributed by atoms with Crippen molar-refractivity contribution in [1.29, 1.82) is 0 Å². The lowest BCUT2D eigenvalue weighted by Crippen LogP contribution is -2.45. The zero-order chi connectivity index (χ0) is 47.9. The van der Waals surface area contributed by atoms with Gasteiger partial charge in [-0.25, -0.2) is 0 Å². The standard InChI is InChI=1S/C60H111NO5/c1-3-5-7-9-11-13-15-17-19-24-28-32-36-40-44-48-52-58(63)57(56-62)61-59(64)53-49-45-41-37-33-29-25-22-21-23-27-31-35-39-43-47-51-55-66-60(65)54-50-46-42-38-34-30-26-20-18-16-14-12-10-8-6-4-2/h20-21,23,26,31,35,48,52,57-58,62-63H,3-19,22,24-25,27-30,32-34,36-47,49-51,53-56H2,1-2H3,(H,61,64)/b23-21-,26-20-,35-31-,52-48+. The second-order valence-electron chi connectivity index (χ2n) is 19.6. The molecule has 0 aliphatic carbocycles. The smallest absolute Gasteiger partial charge is 0.305 e. The van der Waals surface area contributed by atoms with Gasteiger partial charge in [-0.05, 0) is 96.3 Å². The van der Waals surface area contributed by atoms with Crippen molar-refractivity contribution in [2.24, 2.45) is 0 Å². The average molecular weight is 927 g/mol. The SMILES string of the molecule is CCCCCCCCC/C=C\CCCCCCCC(=O)OCCCCC/C=C\C/C=C\CCCCCCCCCC(=O)NC(CO)C(O)/C=C/CCCCCCCCCCCCCCCC. The van der Waals surface area contributed by atoms with Crippen molar-refractivity contribution in [3.63, 3.8) is 0 Å². The highest BCUT2D eigenvalue weighted by molar-refractivity contribution is 5.76. The first-order valence-electron chi connectivity index (χ1n) is 28.9. The van der Waals surface area contributed by atoms with Crippen LogP contribution in [-0.4, -0.2) is 47.4 Å². The van der Waals surface area contributed by atoms with Crippen LogP contribution < -0.4 is 5.32 Å². The maximum Gasteiger partial charge on any atom is 0.305 e. The van der Waals surface area contributed by atoms with Gasteiger partial charge in [-0.1, -0.05) is 236 Å². The van der Waals surface area contributed by atoms with Crippen LogP contribution in [0.5, 0.6) is 0 Å². The van der Waals surface area contributed by atoms with E-state index in [4.69, 9.17) is 4.74 Å². The van der Waals surface area contributed by atoms with Crippen LogP contribution in [0.2, 0.25) is 0 Å². The Balaban J connectivity index is 3.53. The molecule has 0 aromatic rings. The fraction of sp³-hybridized carbons (Fsp3) is 0.833. The van der Waals surface area contributed by atoms with E-state index in [1.54, 1.807) is 6.08 Å². The number of carbonyl (C=O) groups excluding carboxylic acids is 2. The van der Waals surface area contributed by atoms with E-state index in [9.17, 15) is 19.8 Å². The number of ether oxygens (including phenoxy) is 1. The Morgan fingerprint density at radius 2 is 0.758 bits per heavy atom. The Kier molecular flexibility index (Phi) is 53.6. The predicted octanol–water partition coefficient (Wildman–Crippen LogP) is 17.8. The van der Waals surface area contributed by atoms with Gasteiger partial charge >= 0.3 is 5.97 Å². The fourth-order valence-electron chi connectivity index (χ4n) is 8.60. The van der Waals surface area contributed by atoms with Crippen LogP contribution in [0.4, 0.5) is 0 Å². The van der Waals surface area contributed by atoms with Gasteiger partial charge in [0, 0.05) is 12.8 Å². The highest BCUT2D eigenvalue weighted by atomic mass is 16.5. The zero-order valence-electron chi connectivity index (χ0n) is 43.9. The van der Waals surface area contributed by atoms with Crippen molar-refractivity contribution in [2.45, 2.75) is 309 Å². The molecule has 6 nitrogen and oxygen atoms in total. The van der Waals surface area contributed by atoms with Gasteiger partial charge in [0.25, 0.3) is 0 Å². The summed E-state index contributed by atoms with van der Waals surface area (Å²) >= 11 is 0. The maximum absolute atomic E-state index is 12.5. The zero-order valence-corrected chi connectivity index (χ0v) is 43.9. The van der Waals surface area contributed by atoms with Crippen LogP contribution in [-0.2, 0) is 14.3 Å². The summed E-state index contributed by atoms with van der Waals surface area (Å²) in [5.74, 6) is -0.108. The first-order valence-corrected chi connectivity index (χ1v) is 28.9. The van der Waals surface area contributed by atoms with Gasteiger partial charge in [-0.3, -0.25) is 9.59 Å². The van der Waals surface area contributed by atoms with Gasteiger partial charge in [0.1, 0.15) is 0 Å². The number of nitrogens with one attached hydrogen (secondary N) is 1. The molecule has 0 aliphatic heterocycles. The van der Waals surface area contributed by atoms with Gasteiger partial charge in [0.15, 0.2) is 0 Å². The van der Waals surface area contributed by atoms with Crippen LogP contribution in [0.25, 0.3) is 0 Å². The number of hydrogen-bond acceptors (Lipinski definition) is 5. The van der Waals surface area contributed by atoms with Crippen molar-refractivity contribution >= 4 is 11.9 Å². The van der Waals surface area contributed by atoms with E-state index in [1.807, 2.05) is 6.08 Å². The molecule has 0 aliphatic rings. The van der Waals surface area contributed by atoms with Gasteiger partial charge in [0.05, 0.1) is 25.4 Å². The number of aliphatic hydroxyl groups is 2. The molecule has 66 heavy (non-hydrogen) atoms. The highest BCUT2D eigenvalue weighted by Gasteiger charge is 2.18. The molecule has 0 bridgehead atoms. The first-order chi connectivity index (χ1) is 32.5. The average Bonchev–Trinajstić information content (AvgIpc) is 3.32. The van der Waals surface area contributed by atoms with Gasteiger partial charge < -0.3 is 20.3 Å². The summed E-state index contributed by atoms with van der Waals surface area (Å²) in [6.45, 7) is 4.85. The van der Waals surface area contributed by atoms with E-state index in [-0.39, 0.29) is 18.5 Å². The first kappa shape index (κ1) is 63.8. The molecule has 0 rings (SSSR count). The summed E-state index contributed by atoms with van der Waals surface area (Å²) < 4.78 is 5.45. The monoisotopic (exact) mass is 926 g/mol. The van der Waals surface area contributed by atoms with Crippen LogP contribution >= 0.6 is 0 Å². The Morgan fingerprint density at radius 3 is 1.17 bits per heavy atom. The molecular weight excluding hydrogens is 815 g/mol.